The van der Waals surface area contributed by atoms with Gasteiger partial charge in [0.15, 0.2) is 0 Å². The van der Waals surface area contributed by atoms with Crippen molar-refractivity contribution in [2.75, 3.05) is 7.11 Å². The van der Waals surface area contributed by atoms with Gasteiger partial charge in [-0.05, 0) is 67.6 Å². The van der Waals surface area contributed by atoms with Gasteiger partial charge in [0.05, 0.1) is 24.2 Å². The molecule has 29 heavy (non-hydrogen) atoms. The summed E-state index contributed by atoms with van der Waals surface area (Å²) in [6.07, 6.45) is 4.08. The minimum Gasteiger partial charge on any atom is -0.550 e. The summed E-state index contributed by atoms with van der Waals surface area (Å²) < 4.78 is 38.8. The number of carboxylic acid groups (broad SMARTS) is 1. The number of hydrogen-bond donors (Lipinski definition) is 1. The molecule has 2 aromatic rings. The Morgan fingerprint density at radius 3 is 2.21 bits per heavy atom. The number of aliphatic carboxylic acids is 1. The first-order valence-corrected chi connectivity index (χ1v) is 11.0. The zero-order chi connectivity index (χ0) is 20.9. The number of benzene rings is 2. The highest BCUT2D eigenvalue weighted by atomic mass is 32.2. The molecule has 0 radical (unpaired) electrons. The number of nitrogens with one attached hydrogen (secondary N) is 1. The molecule has 0 aromatic heterocycles. The summed E-state index contributed by atoms with van der Waals surface area (Å²) in [7, 11) is -2.45. The lowest BCUT2D eigenvalue weighted by Gasteiger charge is -2.21. The number of ether oxygens (including phenoxy) is 2. The Labute approximate surface area is 170 Å². The summed E-state index contributed by atoms with van der Waals surface area (Å²) in [4.78, 5) is 11.2. The topological polar surface area (TPSA) is 105 Å². The number of carbonyl (C=O) groups is 1. The number of carbonyl (C=O) groups excluding carboxylic acids is 1. The maximum atomic E-state index is 12.7. The quantitative estimate of drug-likeness (QED) is 0.669. The van der Waals surface area contributed by atoms with Crippen molar-refractivity contribution in [1.82, 2.24) is 4.72 Å². The highest BCUT2D eigenvalue weighted by molar-refractivity contribution is 7.89. The van der Waals surface area contributed by atoms with E-state index in [1.165, 1.54) is 31.4 Å². The second kappa shape index (κ2) is 9.28. The first kappa shape index (κ1) is 21.1. The van der Waals surface area contributed by atoms with E-state index in [1.807, 2.05) is 0 Å². The van der Waals surface area contributed by atoms with Gasteiger partial charge in [0.1, 0.15) is 11.5 Å². The molecule has 1 aliphatic carbocycles. The van der Waals surface area contributed by atoms with Crippen molar-refractivity contribution >= 4 is 16.0 Å². The third-order valence-corrected chi connectivity index (χ3v) is 6.41. The Morgan fingerprint density at radius 1 is 1.07 bits per heavy atom. The highest BCUT2D eigenvalue weighted by Gasteiger charge is 2.22. The van der Waals surface area contributed by atoms with Gasteiger partial charge in [0.2, 0.25) is 10.0 Å². The largest absolute Gasteiger partial charge is 0.550 e. The van der Waals surface area contributed by atoms with E-state index in [2.05, 4.69) is 4.72 Å². The standard InChI is InChI=1S/C21H25NO6S/c1-27-16-10-12-19(13-11-16)29(25,26)22-20(14-21(23)24)15-6-8-18(9-7-15)28-17-4-2-3-5-17/h6-13,17,20,22H,2-5,14H2,1H3,(H,23,24)/p-1/t20-/m0/s1. The molecule has 1 N–H and O–H groups in total. The molecule has 0 heterocycles. The van der Waals surface area contributed by atoms with Crippen LogP contribution in [0.3, 0.4) is 0 Å². The molecule has 156 valence electrons. The molecule has 1 aliphatic rings. The van der Waals surface area contributed by atoms with Gasteiger partial charge in [0.25, 0.3) is 0 Å². The SMILES string of the molecule is COc1ccc(S(=O)(=O)N[C@@H](CC(=O)[O-])c2ccc(OC3CCCC3)cc2)cc1. The zero-order valence-corrected chi connectivity index (χ0v) is 17.0. The summed E-state index contributed by atoms with van der Waals surface area (Å²) in [5.74, 6) is -0.141. The zero-order valence-electron chi connectivity index (χ0n) is 16.2. The van der Waals surface area contributed by atoms with Gasteiger partial charge in [0, 0.05) is 12.4 Å². The van der Waals surface area contributed by atoms with Crippen LogP contribution < -0.4 is 19.3 Å². The van der Waals surface area contributed by atoms with E-state index >= 15 is 0 Å². The van der Waals surface area contributed by atoms with Crippen LogP contribution in [0.4, 0.5) is 0 Å². The first-order valence-electron chi connectivity index (χ1n) is 9.50. The lowest BCUT2D eigenvalue weighted by Crippen LogP contribution is -2.34. The van der Waals surface area contributed by atoms with Crippen LogP contribution >= 0.6 is 0 Å². The molecule has 1 saturated carbocycles. The molecule has 1 fully saturated rings. The molecule has 1 atom stereocenters. The second-order valence-electron chi connectivity index (χ2n) is 7.02. The van der Waals surface area contributed by atoms with Crippen molar-refractivity contribution in [2.24, 2.45) is 0 Å². The third kappa shape index (κ3) is 5.71. The summed E-state index contributed by atoms with van der Waals surface area (Å²) in [5.41, 5.74) is 0.519. The van der Waals surface area contributed by atoms with E-state index in [9.17, 15) is 18.3 Å². The highest BCUT2D eigenvalue weighted by Crippen LogP contribution is 2.27. The number of sulfonamides is 1. The van der Waals surface area contributed by atoms with Crippen molar-refractivity contribution in [3.8, 4) is 11.5 Å². The average Bonchev–Trinajstić information content (AvgIpc) is 3.20. The monoisotopic (exact) mass is 418 g/mol. The van der Waals surface area contributed by atoms with Crippen molar-refractivity contribution in [3.05, 3.63) is 54.1 Å². The van der Waals surface area contributed by atoms with Crippen LogP contribution in [0, 0.1) is 0 Å². The smallest absolute Gasteiger partial charge is 0.241 e. The molecule has 3 rings (SSSR count). The summed E-state index contributed by atoms with van der Waals surface area (Å²) in [6.45, 7) is 0. The molecular formula is C21H24NO6S-. The normalized spacial score (nSPS) is 15.8. The predicted octanol–water partition coefficient (Wildman–Crippen LogP) is 2.18. The molecular weight excluding hydrogens is 394 g/mol. The van der Waals surface area contributed by atoms with Crippen molar-refractivity contribution < 1.29 is 27.8 Å². The van der Waals surface area contributed by atoms with Crippen molar-refractivity contribution in [3.63, 3.8) is 0 Å². The van der Waals surface area contributed by atoms with Gasteiger partial charge in [-0.25, -0.2) is 13.1 Å². The van der Waals surface area contributed by atoms with Gasteiger partial charge >= 0.3 is 0 Å². The van der Waals surface area contributed by atoms with Crippen LogP contribution in [0.15, 0.2) is 53.4 Å². The summed E-state index contributed by atoms with van der Waals surface area (Å²) in [6, 6.07) is 11.7. The molecule has 0 unspecified atom stereocenters. The van der Waals surface area contributed by atoms with Gasteiger partial charge in [-0.3, -0.25) is 0 Å². The van der Waals surface area contributed by atoms with Gasteiger partial charge in [-0.1, -0.05) is 12.1 Å². The van der Waals surface area contributed by atoms with Crippen molar-refractivity contribution in [2.45, 2.75) is 49.1 Å². The Morgan fingerprint density at radius 2 is 1.66 bits per heavy atom. The average molecular weight is 418 g/mol. The molecule has 0 bridgehead atoms. The lowest BCUT2D eigenvalue weighted by atomic mass is 10.0. The van der Waals surface area contributed by atoms with E-state index in [1.54, 1.807) is 24.3 Å². The Hall–Kier alpha value is -2.58. The molecule has 0 saturated heterocycles. The predicted molar refractivity (Wildman–Crippen MR) is 105 cm³/mol. The molecule has 8 heteroatoms. The van der Waals surface area contributed by atoms with E-state index in [0.717, 1.165) is 25.7 Å². The van der Waals surface area contributed by atoms with Crippen LogP contribution in [0.2, 0.25) is 0 Å². The van der Waals surface area contributed by atoms with Gasteiger partial charge < -0.3 is 19.4 Å². The van der Waals surface area contributed by atoms with Gasteiger partial charge in [-0.2, -0.15) is 0 Å². The van der Waals surface area contributed by atoms with E-state index in [0.29, 0.717) is 17.1 Å². The lowest BCUT2D eigenvalue weighted by molar-refractivity contribution is -0.306. The molecule has 2 aromatic carbocycles. The summed E-state index contributed by atoms with van der Waals surface area (Å²) >= 11 is 0. The third-order valence-electron chi connectivity index (χ3n) is 4.93. The fraction of sp³-hybridized carbons (Fsp3) is 0.381. The van der Waals surface area contributed by atoms with E-state index < -0.39 is 28.5 Å². The maximum absolute atomic E-state index is 12.7. The molecule has 0 aliphatic heterocycles. The van der Waals surface area contributed by atoms with Crippen LogP contribution in [-0.4, -0.2) is 27.6 Å². The van der Waals surface area contributed by atoms with Crippen LogP contribution in [-0.2, 0) is 14.8 Å². The van der Waals surface area contributed by atoms with Gasteiger partial charge in [-0.15, -0.1) is 0 Å². The number of carboxylic acids is 1. The Bertz CT molecular complexity index is 919. The number of methoxy groups -OCH3 is 1. The van der Waals surface area contributed by atoms with Crippen LogP contribution in [0.1, 0.15) is 43.7 Å². The Balaban J connectivity index is 1.76. The maximum Gasteiger partial charge on any atom is 0.241 e. The first-order chi connectivity index (χ1) is 13.9. The minimum absolute atomic E-state index is 0.0165. The number of hydrogen-bond acceptors (Lipinski definition) is 6. The Kier molecular flexibility index (Phi) is 6.76. The van der Waals surface area contributed by atoms with E-state index in [-0.39, 0.29) is 11.0 Å². The fourth-order valence-electron chi connectivity index (χ4n) is 3.38. The fourth-order valence-corrected chi connectivity index (χ4v) is 4.61. The van der Waals surface area contributed by atoms with Crippen LogP contribution in [0.5, 0.6) is 11.5 Å². The van der Waals surface area contributed by atoms with Crippen molar-refractivity contribution in [1.29, 1.82) is 0 Å². The molecule has 0 amide bonds. The number of rotatable bonds is 9. The molecule has 7 nitrogen and oxygen atoms in total. The minimum atomic E-state index is -3.93. The molecule has 0 spiro atoms. The summed E-state index contributed by atoms with van der Waals surface area (Å²) in [5, 5.41) is 11.2. The second-order valence-corrected chi connectivity index (χ2v) is 8.73. The van der Waals surface area contributed by atoms with Crippen LogP contribution in [0.25, 0.3) is 0 Å². The van der Waals surface area contributed by atoms with E-state index in [4.69, 9.17) is 9.47 Å².